The van der Waals surface area contributed by atoms with Crippen LogP contribution in [0.4, 0.5) is 0 Å². The van der Waals surface area contributed by atoms with Crippen molar-refractivity contribution in [3.8, 4) is 11.4 Å². The molecule has 3 aromatic rings. The number of aromatic nitrogens is 7. The van der Waals surface area contributed by atoms with Crippen LogP contribution in [0.1, 0.15) is 16.3 Å². The zero-order valence-electron chi connectivity index (χ0n) is 10.3. The Morgan fingerprint density at radius 2 is 2.35 bits per heavy atom. The quantitative estimate of drug-likeness (QED) is 0.694. The fraction of sp³-hybridized carbons (Fsp3) is 0.200. The molecule has 0 radical (unpaired) electrons. The van der Waals surface area contributed by atoms with E-state index in [9.17, 15) is 9.90 Å². The lowest BCUT2D eigenvalue weighted by molar-refractivity contribution is 0.0691. The van der Waals surface area contributed by atoms with Gasteiger partial charge in [0.2, 0.25) is 6.39 Å². The van der Waals surface area contributed by atoms with E-state index in [1.54, 1.807) is 17.9 Å². The molecule has 0 unspecified atom stereocenters. The Morgan fingerprint density at radius 3 is 2.95 bits per heavy atom. The molecule has 0 aliphatic carbocycles. The molecule has 10 nitrogen and oxygen atoms in total. The number of hydrogen-bond donors (Lipinski definition) is 1. The molecular weight excluding hydrogens is 266 g/mol. The minimum Gasteiger partial charge on any atom is -0.476 e. The van der Waals surface area contributed by atoms with Gasteiger partial charge in [-0.2, -0.15) is 4.98 Å². The monoisotopic (exact) mass is 275 g/mol. The van der Waals surface area contributed by atoms with Crippen LogP contribution in [0, 0.1) is 0 Å². The number of carboxylic acid groups (broad SMARTS) is 1. The van der Waals surface area contributed by atoms with Gasteiger partial charge in [-0.3, -0.25) is 0 Å². The first-order valence-corrected chi connectivity index (χ1v) is 5.55. The molecule has 0 atom stereocenters. The minimum atomic E-state index is -1.17. The van der Waals surface area contributed by atoms with Gasteiger partial charge in [-0.05, 0) is 0 Å². The summed E-state index contributed by atoms with van der Waals surface area (Å²) >= 11 is 0. The highest BCUT2D eigenvalue weighted by molar-refractivity contribution is 5.92. The van der Waals surface area contributed by atoms with Gasteiger partial charge in [0.05, 0.1) is 18.2 Å². The molecule has 10 heteroatoms. The van der Waals surface area contributed by atoms with Gasteiger partial charge in [0, 0.05) is 7.05 Å². The molecular formula is C10H9N7O3. The summed E-state index contributed by atoms with van der Waals surface area (Å²) < 4.78 is 7.71. The van der Waals surface area contributed by atoms with Crippen LogP contribution < -0.4 is 0 Å². The third-order valence-corrected chi connectivity index (χ3v) is 2.70. The summed E-state index contributed by atoms with van der Waals surface area (Å²) in [5.74, 6) is -0.796. The molecule has 0 aliphatic rings. The van der Waals surface area contributed by atoms with Crippen molar-refractivity contribution in [3.05, 3.63) is 30.4 Å². The molecule has 0 bridgehead atoms. The molecule has 3 heterocycles. The van der Waals surface area contributed by atoms with Crippen molar-refractivity contribution in [1.29, 1.82) is 0 Å². The van der Waals surface area contributed by atoms with Crippen molar-refractivity contribution >= 4 is 5.97 Å². The van der Waals surface area contributed by atoms with Crippen LogP contribution in [0.5, 0.6) is 0 Å². The van der Waals surface area contributed by atoms with Crippen LogP contribution in [0.2, 0.25) is 0 Å². The van der Waals surface area contributed by atoms with Crippen molar-refractivity contribution < 1.29 is 14.4 Å². The maximum Gasteiger partial charge on any atom is 0.358 e. The van der Waals surface area contributed by atoms with Crippen LogP contribution in [-0.2, 0) is 13.6 Å². The zero-order valence-corrected chi connectivity index (χ0v) is 10.3. The predicted octanol–water partition coefficient (Wildman–Crippen LogP) is -0.192. The Hall–Kier alpha value is -3.04. The summed E-state index contributed by atoms with van der Waals surface area (Å²) in [4.78, 5) is 19.1. The Bertz CT molecular complexity index is 743. The molecule has 0 saturated heterocycles. The van der Waals surface area contributed by atoms with Crippen molar-refractivity contribution in [2.24, 2.45) is 7.05 Å². The fourth-order valence-electron chi connectivity index (χ4n) is 1.80. The molecule has 0 amide bonds. The summed E-state index contributed by atoms with van der Waals surface area (Å²) in [5, 5.41) is 20.4. The van der Waals surface area contributed by atoms with Crippen LogP contribution in [0.25, 0.3) is 11.4 Å². The molecule has 0 aliphatic heterocycles. The number of aromatic carboxylic acids is 1. The highest BCUT2D eigenvalue weighted by atomic mass is 16.5. The topological polar surface area (TPSA) is 125 Å². The smallest absolute Gasteiger partial charge is 0.358 e. The standard InChI is InChI=1S/C10H9N7O3/c1-16-4-11-2-6(16)9-8(10(18)19)13-15-17(9)3-7-12-5-20-14-7/h2,4-5H,3H2,1H3,(H,18,19). The molecule has 3 aromatic heterocycles. The maximum absolute atomic E-state index is 11.2. The molecule has 20 heavy (non-hydrogen) atoms. The lowest BCUT2D eigenvalue weighted by Gasteiger charge is -2.05. The first kappa shape index (κ1) is 12.0. The van der Waals surface area contributed by atoms with E-state index in [-0.39, 0.29) is 12.2 Å². The normalized spacial score (nSPS) is 10.8. The van der Waals surface area contributed by atoms with Gasteiger partial charge in [-0.1, -0.05) is 10.4 Å². The third-order valence-electron chi connectivity index (χ3n) is 2.70. The number of nitrogens with zero attached hydrogens (tertiary/aromatic N) is 7. The van der Waals surface area contributed by atoms with Gasteiger partial charge in [0.15, 0.2) is 11.5 Å². The van der Waals surface area contributed by atoms with Crippen LogP contribution >= 0.6 is 0 Å². The van der Waals surface area contributed by atoms with E-state index >= 15 is 0 Å². The maximum atomic E-state index is 11.2. The van der Waals surface area contributed by atoms with Crippen molar-refractivity contribution in [2.45, 2.75) is 6.54 Å². The summed E-state index contributed by atoms with van der Waals surface area (Å²) in [5.41, 5.74) is 0.760. The number of carbonyl (C=O) groups is 1. The largest absolute Gasteiger partial charge is 0.476 e. The van der Waals surface area contributed by atoms with E-state index in [2.05, 4.69) is 30.0 Å². The van der Waals surface area contributed by atoms with Crippen molar-refractivity contribution in [1.82, 2.24) is 34.7 Å². The minimum absolute atomic E-state index is 0.150. The van der Waals surface area contributed by atoms with E-state index in [0.717, 1.165) is 0 Å². The second-order valence-corrected chi connectivity index (χ2v) is 3.99. The van der Waals surface area contributed by atoms with E-state index in [1.165, 1.54) is 17.3 Å². The number of hydrogen-bond acceptors (Lipinski definition) is 7. The van der Waals surface area contributed by atoms with Crippen molar-refractivity contribution in [2.75, 3.05) is 0 Å². The van der Waals surface area contributed by atoms with Crippen LogP contribution in [0.3, 0.4) is 0 Å². The fourth-order valence-corrected chi connectivity index (χ4v) is 1.80. The second-order valence-electron chi connectivity index (χ2n) is 3.99. The van der Waals surface area contributed by atoms with E-state index in [1.807, 2.05) is 0 Å². The number of aryl methyl sites for hydroxylation is 1. The Balaban J connectivity index is 2.11. The SMILES string of the molecule is Cn1cncc1-c1c(C(=O)O)nnn1Cc1ncon1. The van der Waals surface area contributed by atoms with Crippen LogP contribution in [-0.4, -0.2) is 45.8 Å². The molecule has 102 valence electrons. The molecule has 0 aromatic carbocycles. The lowest BCUT2D eigenvalue weighted by atomic mass is 10.2. The molecule has 1 N–H and O–H groups in total. The lowest BCUT2D eigenvalue weighted by Crippen LogP contribution is -2.09. The van der Waals surface area contributed by atoms with Gasteiger partial charge in [0.1, 0.15) is 12.2 Å². The number of rotatable bonds is 4. The van der Waals surface area contributed by atoms with Gasteiger partial charge < -0.3 is 14.2 Å². The van der Waals surface area contributed by atoms with E-state index in [0.29, 0.717) is 17.2 Å². The average Bonchev–Trinajstić information content (AvgIpc) is 3.10. The van der Waals surface area contributed by atoms with Gasteiger partial charge in [0.25, 0.3) is 0 Å². The molecule has 3 rings (SSSR count). The average molecular weight is 275 g/mol. The van der Waals surface area contributed by atoms with Crippen molar-refractivity contribution in [3.63, 3.8) is 0 Å². The number of carboxylic acids is 1. The third kappa shape index (κ3) is 1.92. The number of imidazole rings is 1. The highest BCUT2D eigenvalue weighted by Gasteiger charge is 2.23. The van der Waals surface area contributed by atoms with E-state index in [4.69, 9.17) is 0 Å². The first-order valence-electron chi connectivity index (χ1n) is 5.55. The highest BCUT2D eigenvalue weighted by Crippen LogP contribution is 2.21. The van der Waals surface area contributed by atoms with Gasteiger partial charge >= 0.3 is 5.97 Å². The molecule has 0 saturated carbocycles. The second kappa shape index (κ2) is 4.57. The molecule has 0 fully saturated rings. The van der Waals surface area contributed by atoms with Gasteiger partial charge in [-0.25, -0.2) is 14.5 Å². The Labute approximate surface area is 111 Å². The predicted molar refractivity (Wildman–Crippen MR) is 62.6 cm³/mol. The summed E-state index contributed by atoms with van der Waals surface area (Å²) in [6.07, 6.45) is 4.29. The Morgan fingerprint density at radius 1 is 1.50 bits per heavy atom. The summed E-state index contributed by atoms with van der Waals surface area (Å²) in [6, 6.07) is 0. The first-order chi connectivity index (χ1) is 9.66. The zero-order chi connectivity index (χ0) is 14.1. The van der Waals surface area contributed by atoms with E-state index < -0.39 is 5.97 Å². The van der Waals surface area contributed by atoms with Crippen LogP contribution in [0.15, 0.2) is 23.4 Å². The summed E-state index contributed by atoms with van der Waals surface area (Å²) in [6.45, 7) is 0.150. The Kier molecular flexibility index (Phi) is 2.75. The van der Waals surface area contributed by atoms with Gasteiger partial charge in [-0.15, -0.1) is 5.10 Å². The molecule has 0 spiro atoms. The summed E-state index contributed by atoms with van der Waals surface area (Å²) in [7, 11) is 1.75.